The lowest BCUT2D eigenvalue weighted by molar-refractivity contribution is -0.115. The number of anilines is 2. The number of carbonyl (C=O) groups is 4. The van der Waals surface area contributed by atoms with E-state index in [-0.39, 0.29) is 18.2 Å². The number of hydrogen-bond donors (Lipinski definition) is 3. The predicted octanol–water partition coefficient (Wildman–Crippen LogP) is 6.42. The Morgan fingerprint density at radius 3 is 2.04 bits per heavy atom. The topological polar surface area (TPSA) is 141 Å². The van der Waals surface area contributed by atoms with Gasteiger partial charge in [0.1, 0.15) is 5.70 Å². The number of esters is 1. The number of ether oxygens (including phenoxy) is 4. The van der Waals surface area contributed by atoms with Crippen molar-refractivity contribution in [1.29, 1.82) is 0 Å². The third-order valence-corrected chi connectivity index (χ3v) is 8.06. The molecule has 3 amide bonds. The summed E-state index contributed by atoms with van der Waals surface area (Å²) in [6, 6.07) is 25.3. The molecule has 1 unspecified atom stereocenters. The van der Waals surface area contributed by atoms with E-state index in [0.29, 0.717) is 45.3 Å². The van der Waals surface area contributed by atoms with Crippen molar-refractivity contribution >= 4 is 52.9 Å². The molecule has 4 rings (SSSR count). The third-order valence-electron chi connectivity index (χ3n) is 6.96. The van der Waals surface area contributed by atoms with Crippen LogP contribution in [0.4, 0.5) is 11.4 Å². The quantitative estimate of drug-likeness (QED) is 0.0780. The molecule has 49 heavy (non-hydrogen) atoms. The summed E-state index contributed by atoms with van der Waals surface area (Å²) < 4.78 is 21.3. The fourth-order valence-electron chi connectivity index (χ4n) is 4.54. The molecule has 11 nitrogen and oxygen atoms in total. The van der Waals surface area contributed by atoms with Gasteiger partial charge in [0.05, 0.1) is 38.7 Å². The van der Waals surface area contributed by atoms with Crippen LogP contribution in [-0.2, 0) is 14.3 Å². The molecule has 0 saturated heterocycles. The SMILES string of the molecule is CCOC(=O)c1ccc(NC(=O)C(C)Sc2cccc(NC(=O)/C(=C\c3cc(OC)c(OC)c(OC)c3)NC(=O)c3ccccc3)c2)cc1. The highest BCUT2D eigenvalue weighted by atomic mass is 32.2. The summed E-state index contributed by atoms with van der Waals surface area (Å²) in [5, 5.41) is 7.91. The Kier molecular flexibility index (Phi) is 12.8. The van der Waals surface area contributed by atoms with Crippen molar-refractivity contribution in [3.63, 3.8) is 0 Å². The molecule has 0 heterocycles. The average Bonchev–Trinajstić information content (AvgIpc) is 3.11. The van der Waals surface area contributed by atoms with Crippen molar-refractivity contribution in [2.75, 3.05) is 38.6 Å². The molecule has 0 aliphatic heterocycles. The molecule has 0 saturated carbocycles. The van der Waals surface area contributed by atoms with E-state index in [1.54, 1.807) is 98.8 Å². The Morgan fingerprint density at radius 1 is 0.755 bits per heavy atom. The third kappa shape index (κ3) is 9.88. The number of rotatable bonds is 14. The van der Waals surface area contributed by atoms with Crippen LogP contribution in [-0.4, -0.2) is 56.9 Å². The first-order chi connectivity index (χ1) is 23.6. The van der Waals surface area contributed by atoms with E-state index in [1.165, 1.54) is 39.2 Å². The second-order valence-corrected chi connectivity index (χ2v) is 11.8. The van der Waals surface area contributed by atoms with E-state index in [2.05, 4.69) is 16.0 Å². The van der Waals surface area contributed by atoms with Gasteiger partial charge in [-0.2, -0.15) is 0 Å². The van der Waals surface area contributed by atoms with Crippen molar-refractivity contribution in [2.45, 2.75) is 24.0 Å². The number of amides is 3. The molecule has 1 atom stereocenters. The number of thioether (sulfide) groups is 1. The van der Waals surface area contributed by atoms with Gasteiger partial charge in [-0.05, 0) is 92.2 Å². The Balaban J connectivity index is 1.51. The summed E-state index contributed by atoms with van der Waals surface area (Å²) >= 11 is 1.30. The average molecular weight is 684 g/mol. The molecule has 0 bridgehead atoms. The van der Waals surface area contributed by atoms with Gasteiger partial charge in [0.25, 0.3) is 11.8 Å². The van der Waals surface area contributed by atoms with Crippen LogP contribution in [0.15, 0.2) is 102 Å². The summed E-state index contributed by atoms with van der Waals surface area (Å²) in [5.41, 5.74) is 2.21. The molecule has 0 fully saturated rings. The molecular formula is C37H37N3O8S. The minimum Gasteiger partial charge on any atom is -0.493 e. The van der Waals surface area contributed by atoms with Crippen LogP contribution in [0.2, 0.25) is 0 Å². The van der Waals surface area contributed by atoms with Gasteiger partial charge in [-0.25, -0.2) is 4.79 Å². The van der Waals surface area contributed by atoms with Crippen LogP contribution in [0.1, 0.15) is 40.1 Å². The van der Waals surface area contributed by atoms with E-state index in [1.807, 2.05) is 6.07 Å². The number of benzene rings is 4. The standard InChI is InChI=1S/C37H37N3O8S/c1-6-48-37(44)26-15-17-27(18-16-26)38-34(41)23(2)49-29-14-10-13-28(22-29)39-36(43)30(40-35(42)25-11-8-7-9-12-25)19-24-20-31(45-3)33(47-5)32(21-24)46-4/h7-23H,6H2,1-5H3,(H,38,41)(H,39,43)(H,40,42)/b30-19+. The zero-order valence-electron chi connectivity index (χ0n) is 27.7. The number of carbonyl (C=O) groups excluding carboxylic acids is 4. The van der Waals surface area contributed by atoms with E-state index in [4.69, 9.17) is 18.9 Å². The van der Waals surface area contributed by atoms with Crippen LogP contribution in [0.25, 0.3) is 6.08 Å². The molecule has 12 heteroatoms. The first-order valence-electron chi connectivity index (χ1n) is 15.2. The van der Waals surface area contributed by atoms with Gasteiger partial charge < -0.3 is 34.9 Å². The Morgan fingerprint density at radius 2 is 1.43 bits per heavy atom. The first-order valence-corrected chi connectivity index (χ1v) is 16.1. The second kappa shape index (κ2) is 17.4. The first kappa shape index (κ1) is 36.1. The Labute approximate surface area is 289 Å². The molecule has 4 aromatic rings. The van der Waals surface area contributed by atoms with Gasteiger partial charge in [0.15, 0.2) is 11.5 Å². The van der Waals surface area contributed by atoms with Gasteiger partial charge in [-0.3, -0.25) is 14.4 Å². The lowest BCUT2D eigenvalue weighted by Gasteiger charge is -2.15. The summed E-state index contributed by atoms with van der Waals surface area (Å²) in [7, 11) is 4.45. The van der Waals surface area contributed by atoms with Crippen molar-refractivity contribution in [1.82, 2.24) is 5.32 Å². The lowest BCUT2D eigenvalue weighted by atomic mass is 10.1. The van der Waals surface area contributed by atoms with Crippen LogP contribution in [0.5, 0.6) is 17.2 Å². The maximum atomic E-state index is 13.7. The molecule has 0 aliphatic rings. The smallest absolute Gasteiger partial charge is 0.338 e. The molecule has 3 N–H and O–H groups in total. The predicted molar refractivity (Wildman–Crippen MR) is 189 cm³/mol. The highest BCUT2D eigenvalue weighted by Gasteiger charge is 2.19. The van der Waals surface area contributed by atoms with E-state index < -0.39 is 23.0 Å². The van der Waals surface area contributed by atoms with Crippen LogP contribution >= 0.6 is 11.8 Å². The van der Waals surface area contributed by atoms with Crippen molar-refractivity contribution in [3.05, 3.63) is 113 Å². The largest absolute Gasteiger partial charge is 0.493 e. The minimum atomic E-state index is -0.586. The summed E-state index contributed by atoms with van der Waals surface area (Å²) in [4.78, 5) is 52.4. The number of methoxy groups -OCH3 is 3. The highest BCUT2D eigenvalue weighted by molar-refractivity contribution is 8.00. The van der Waals surface area contributed by atoms with Gasteiger partial charge in [-0.1, -0.05) is 24.3 Å². The van der Waals surface area contributed by atoms with Crippen molar-refractivity contribution in [2.24, 2.45) is 0 Å². The zero-order chi connectivity index (χ0) is 35.3. The van der Waals surface area contributed by atoms with Gasteiger partial charge in [-0.15, -0.1) is 11.8 Å². The summed E-state index contributed by atoms with van der Waals surface area (Å²) in [6.07, 6.45) is 1.50. The number of hydrogen-bond acceptors (Lipinski definition) is 9. The van der Waals surface area contributed by atoms with E-state index in [0.717, 1.165) is 4.90 Å². The molecular weight excluding hydrogens is 646 g/mol. The van der Waals surface area contributed by atoms with Crippen LogP contribution in [0, 0.1) is 0 Å². The highest BCUT2D eigenvalue weighted by Crippen LogP contribution is 2.38. The second-order valence-electron chi connectivity index (χ2n) is 10.4. The van der Waals surface area contributed by atoms with Gasteiger partial charge >= 0.3 is 5.97 Å². The molecule has 4 aromatic carbocycles. The lowest BCUT2D eigenvalue weighted by Crippen LogP contribution is -2.30. The van der Waals surface area contributed by atoms with Crippen molar-refractivity contribution < 1.29 is 38.1 Å². The van der Waals surface area contributed by atoms with Crippen LogP contribution in [0.3, 0.4) is 0 Å². The van der Waals surface area contributed by atoms with Crippen molar-refractivity contribution in [3.8, 4) is 17.2 Å². The summed E-state index contributed by atoms with van der Waals surface area (Å²) in [6.45, 7) is 3.76. The maximum Gasteiger partial charge on any atom is 0.338 e. The minimum absolute atomic E-state index is 0.0390. The number of nitrogens with one attached hydrogen (secondary N) is 3. The molecule has 0 spiro atoms. The summed E-state index contributed by atoms with van der Waals surface area (Å²) in [5.74, 6) is -0.615. The fraction of sp³-hybridized carbons (Fsp3) is 0.189. The van der Waals surface area contributed by atoms with E-state index >= 15 is 0 Å². The van der Waals surface area contributed by atoms with Gasteiger partial charge in [0.2, 0.25) is 11.7 Å². The van der Waals surface area contributed by atoms with E-state index in [9.17, 15) is 19.2 Å². The maximum absolute atomic E-state index is 13.7. The normalized spacial score (nSPS) is 11.5. The van der Waals surface area contributed by atoms with Crippen LogP contribution < -0.4 is 30.2 Å². The molecule has 0 radical (unpaired) electrons. The zero-order valence-corrected chi connectivity index (χ0v) is 28.5. The molecule has 254 valence electrons. The Bertz CT molecular complexity index is 1800. The Hall–Kier alpha value is -5.75. The van der Waals surface area contributed by atoms with Gasteiger partial charge in [0, 0.05) is 21.8 Å². The monoisotopic (exact) mass is 683 g/mol. The molecule has 0 aromatic heterocycles. The molecule has 0 aliphatic carbocycles. The fourth-order valence-corrected chi connectivity index (χ4v) is 5.47.